The molecule has 1 aliphatic rings. The lowest BCUT2D eigenvalue weighted by molar-refractivity contribution is -0.117. The standard InChI is InChI=1S/C26H25F2N3O4S/c1-36(34,35)20-7-8-21(18-3-5-19(27)6-4-18)22(16-20)26(33)31-12-10-30(11-13-31)24-9-2-17(14-23(24)28)15-25(29)32/h2-9,14,16H,10-13,15H2,1H3,(H2,29,32). The third kappa shape index (κ3) is 5.54. The summed E-state index contributed by atoms with van der Waals surface area (Å²) >= 11 is 0. The Balaban J connectivity index is 1.57. The summed E-state index contributed by atoms with van der Waals surface area (Å²) in [4.78, 5) is 28.0. The molecule has 0 saturated carbocycles. The Labute approximate surface area is 208 Å². The Kier molecular flexibility index (Phi) is 7.07. The molecule has 1 fully saturated rings. The fraction of sp³-hybridized carbons (Fsp3) is 0.231. The van der Waals surface area contributed by atoms with Crippen LogP contribution in [-0.2, 0) is 21.1 Å². The number of anilines is 1. The number of rotatable bonds is 6. The summed E-state index contributed by atoms with van der Waals surface area (Å²) in [6.07, 6.45) is 1.01. The second kappa shape index (κ2) is 10.1. The first-order chi connectivity index (χ1) is 17.0. The van der Waals surface area contributed by atoms with Crippen LogP contribution in [0.2, 0.25) is 0 Å². The second-order valence-corrected chi connectivity index (χ2v) is 10.7. The first-order valence-corrected chi connectivity index (χ1v) is 13.1. The van der Waals surface area contributed by atoms with Gasteiger partial charge in [-0.05, 0) is 53.1 Å². The second-order valence-electron chi connectivity index (χ2n) is 8.69. The molecule has 0 bridgehead atoms. The van der Waals surface area contributed by atoms with Crippen LogP contribution in [0.4, 0.5) is 14.5 Å². The highest BCUT2D eigenvalue weighted by molar-refractivity contribution is 7.90. The van der Waals surface area contributed by atoms with Gasteiger partial charge in [0.25, 0.3) is 5.91 Å². The zero-order chi connectivity index (χ0) is 26.0. The van der Waals surface area contributed by atoms with Crippen molar-refractivity contribution in [2.24, 2.45) is 5.73 Å². The number of carbonyl (C=O) groups excluding carboxylic acids is 2. The molecule has 10 heteroatoms. The fourth-order valence-electron chi connectivity index (χ4n) is 4.25. The number of nitrogens with two attached hydrogens (primary N) is 1. The first-order valence-electron chi connectivity index (χ1n) is 11.2. The largest absolute Gasteiger partial charge is 0.369 e. The topological polar surface area (TPSA) is 101 Å². The third-order valence-electron chi connectivity index (χ3n) is 6.10. The lowest BCUT2D eigenvalue weighted by atomic mass is 9.98. The van der Waals surface area contributed by atoms with Gasteiger partial charge in [0.05, 0.1) is 17.0 Å². The van der Waals surface area contributed by atoms with E-state index < -0.39 is 27.4 Å². The summed E-state index contributed by atoms with van der Waals surface area (Å²) in [6.45, 7) is 1.28. The van der Waals surface area contributed by atoms with Gasteiger partial charge in [0, 0.05) is 38.0 Å². The average molecular weight is 514 g/mol. The minimum atomic E-state index is -3.57. The van der Waals surface area contributed by atoms with Crippen LogP contribution in [0.15, 0.2) is 65.6 Å². The van der Waals surface area contributed by atoms with Gasteiger partial charge in [-0.15, -0.1) is 0 Å². The molecule has 1 aliphatic heterocycles. The molecule has 0 spiro atoms. The predicted molar refractivity (Wildman–Crippen MR) is 132 cm³/mol. The van der Waals surface area contributed by atoms with Crippen molar-refractivity contribution in [1.29, 1.82) is 0 Å². The van der Waals surface area contributed by atoms with E-state index in [9.17, 15) is 26.8 Å². The van der Waals surface area contributed by atoms with Crippen molar-refractivity contribution in [2.75, 3.05) is 37.3 Å². The molecular weight excluding hydrogens is 488 g/mol. The number of amides is 2. The summed E-state index contributed by atoms with van der Waals surface area (Å²) in [5.74, 6) is -1.82. The van der Waals surface area contributed by atoms with E-state index in [1.807, 2.05) is 0 Å². The van der Waals surface area contributed by atoms with Crippen LogP contribution >= 0.6 is 0 Å². The lowest BCUT2D eigenvalue weighted by Crippen LogP contribution is -2.49. The highest BCUT2D eigenvalue weighted by atomic mass is 32.2. The van der Waals surface area contributed by atoms with Gasteiger partial charge in [-0.1, -0.05) is 24.3 Å². The molecule has 4 rings (SSSR count). The molecule has 0 aliphatic carbocycles. The van der Waals surface area contributed by atoms with Crippen molar-refractivity contribution in [3.8, 4) is 11.1 Å². The average Bonchev–Trinajstić information content (AvgIpc) is 2.83. The van der Waals surface area contributed by atoms with Crippen molar-refractivity contribution < 1.29 is 26.8 Å². The zero-order valence-electron chi connectivity index (χ0n) is 19.6. The highest BCUT2D eigenvalue weighted by Crippen LogP contribution is 2.29. The Morgan fingerprint density at radius 3 is 2.17 bits per heavy atom. The van der Waals surface area contributed by atoms with E-state index in [0.29, 0.717) is 35.5 Å². The van der Waals surface area contributed by atoms with Crippen LogP contribution in [0.3, 0.4) is 0 Å². The maximum atomic E-state index is 14.7. The minimum Gasteiger partial charge on any atom is -0.369 e. The van der Waals surface area contributed by atoms with Crippen LogP contribution in [0, 0.1) is 11.6 Å². The van der Waals surface area contributed by atoms with E-state index in [2.05, 4.69) is 0 Å². The van der Waals surface area contributed by atoms with Crippen LogP contribution in [0.1, 0.15) is 15.9 Å². The molecule has 0 unspecified atom stereocenters. The van der Waals surface area contributed by atoms with Crippen molar-refractivity contribution in [2.45, 2.75) is 11.3 Å². The highest BCUT2D eigenvalue weighted by Gasteiger charge is 2.26. The van der Waals surface area contributed by atoms with E-state index in [0.717, 1.165) is 6.26 Å². The van der Waals surface area contributed by atoms with E-state index in [4.69, 9.17) is 5.73 Å². The van der Waals surface area contributed by atoms with Crippen molar-refractivity contribution in [3.05, 3.63) is 83.4 Å². The summed E-state index contributed by atoms with van der Waals surface area (Å²) in [6, 6.07) is 14.5. The molecule has 0 aromatic heterocycles. The van der Waals surface area contributed by atoms with Gasteiger partial charge in [-0.25, -0.2) is 17.2 Å². The maximum Gasteiger partial charge on any atom is 0.254 e. The monoisotopic (exact) mass is 513 g/mol. The molecule has 2 amide bonds. The van der Waals surface area contributed by atoms with E-state index >= 15 is 0 Å². The molecule has 3 aromatic carbocycles. The van der Waals surface area contributed by atoms with Gasteiger partial charge in [0.2, 0.25) is 5.91 Å². The molecular formula is C26H25F2N3O4S. The Hall–Kier alpha value is -3.79. The van der Waals surface area contributed by atoms with Crippen molar-refractivity contribution in [1.82, 2.24) is 4.90 Å². The number of carbonyl (C=O) groups is 2. The van der Waals surface area contributed by atoms with Gasteiger partial charge in [0.15, 0.2) is 9.84 Å². The van der Waals surface area contributed by atoms with Gasteiger partial charge in [0.1, 0.15) is 11.6 Å². The van der Waals surface area contributed by atoms with Crippen molar-refractivity contribution in [3.63, 3.8) is 0 Å². The summed E-state index contributed by atoms with van der Waals surface area (Å²) < 4.78 is 52.4. The lowest BCUT2D eigenvalue weighted by Gasteiger charge is -2.36. The number of sulfone groups is 1. The van der Waals surface area contributed by atoms with Crippen LogP contribution in [0.5, 0.6) is 0 Å². The Morgan fingerprint density at radius 1 is 0.917 bits per heavy atom. The normalized spacial score (nSPS) is 14.1. The van der Waals surface area contributed by atoms with E-state index in [1.165, 1.54) is 42.5 Å². The molecule has 7 nitrogen and oxygen atoms in total. The first kappa shape index (κ1) is 25.3. The molecule has 1 heterocycles. The number of halogens is 2. The zero-order valence-corrected chi connectivity index (χ0v) is 20.4. The number of hydrogen-bond acceptors (Lipinski definition) is 5. The predicted octanol–water partition coefficient (Wildman–Crippen LogP) is 3.03. The van der Waals surface area contributed by atoms with Crippen LogP contribution < -0.4 is 10.6 Å². The van der Waals surface area contributed by atoms with E-state index in [-0.39, 0.29) is 35.9 Å². The summed E-state index contributed by atoms with van der Waals surface area (Å²) in [5.41, 5.74) is 7.29. The molecule has 0 atom stereocenters. The summed E-state index contributed by atoms with van der Waals surface area (Å²) in [7, 11) is -3.57. The Bertz CT molecular complexity index is 1420. The fourth-order valence-corrected chi connectivity index (χ4v) is 4.90. The number of piperazine rings is 1. The third-order valence-corrected chi connectivity index (χ3v) is 7.21. The van der Waals surface area contributed by atoms with E-state index in [1.54, 1.807) is 28.0 Å². The van der Waals surface area contributed by atoms with Crippen LogP contribution in [-0.4, -0.2) is 57.6 Å². The summed E-state index contributed by atoms with van der Waals surface area (Å²) in [5, 5.41) is 0. The maximum absolute atomic E-state index is 14.7. The quantitative estimate of drug-likeness (QED) is 0.546. The van der Waals surface area contributed by atoms with Gasteiger partial charge in [-0.3, -0.25) is 9.59 Å². The molecule has 0 radical (unpaired) electrons. The smallest absolute Gasteiger partial charge is 0.254 e. The number of nitrogens with zero attached hydrogens (tertiary/aromatic N) is 2. The number of primary amides is 1. The van der Waals surface area contributed by atoms with Gasteiger partial charge in [-0.2, -0.15) is 0 Å². The van der Waals surface area contributed by atoms with Gasteiger partial charge < -0.3 is 15.5 Å². The van der Waals surface area contributed by atoms with Crippen LogP contribution in [0.25, 0.3) is 11.1 Å². The molecule has 1 saturated heterocycles. The molecule has 36 heavy (non-hydrogen) atoms. The minimum absolute atomic E-state index is 0.00784. The number of hydrogen-bond donors (Lipinski definition) is 1. The Morgan fingerprint density at radius 2 is 1.58 bits per heavy atom. The SMILES string of the molecule is CS(=O)(=O)c1ccc(-c2ccc(F)cc2)c(C(=O)N2CCN(c3ccc(CC(N)=O)cc3F)CC2)c1. The molecule has 188 valence electrons. The van der Waals surface area contributed by atoms with Gasteiger partial charge >= 0.3 is 0 Å². The number of benzene rings is 3. The molecule has 3 aromatic rings. The van der Waals surface area contributed by atoms with Crippen molar-refractivity contribution >= 4 is 27.3 Å². The molecule has 2 N–H and O–H groups in total.